The van der Waals surface area contributed by atoms with E-state index < -0.39 is 23.7 Å². The molecule has 10 heteroatoms. The van der Waals surface area contributed by atoms with Crippen LogP contribution in [0.15, 0.2) is 24.3 Å². The second-order valence-corrected chi connectivity index (χ2v) is 7.73. The maximum Gasteiger partial charge on any atom is 0.272 e. The lowest BCUT2D eigenvalue weighted by molar-refractivity contribution is -0.122. The molecule has 8 nitrogen and oxygen atoms in total. The van der Waals surface area contributed by atoms with Crippen molar-refractivity contribution in [1.29, 1.82) is 0 Å². The predicted molar refractivity (Wildman–Crippen MR) is 108 cm³/mol. The number of carbonyl (C=O) groups excluding carboxylic acids is 3. The second-order valence-electron chi connectivity index (χ2n) is 6.96. The van der Waals surface area contributed by atoms with Gasteiger partial charge in [0.25, 0.3) is 11.8 Å². The molecule has 29 heavy (non-hydrogen) atoms. The maximum atomic E-state index is 13.8. The number of nitrogens with one attached hydrogen (secondary N) is 1. The molecule has 1 unspecified atom stereocenters. The molecule has 0 saturated heterocycles. The average Bonchev–Trinajstić information content (AvgIpc) is 3.31. The van der Waals surface area contributed by atoms with Crippen molar-refractivity contribution >= 4 is 40.6 Å². The molecule has 1 aliphatic rings. The number of hydrogen-bond acceptors (Lipinski definition) is 6. The van der Waals surface area contributed by atoms with Crippen molar-refractivity contribution in [2.75, 3.05) is 10.6 Å². The van der Waals surface area contributed by atoms with Crippen molar-refractivity contribution in [3.63, 3.8) is 0 Å². The van der Waals surface area contributed by atoms with E-state index in [4.69, 9.17) is 11.5 Å². The van der Waals surface area contributed by atoms with Crippen LogP contribution in [0.1, 0.15) is 52.8 Å². The number of hydrogen-bond donors (Lipinski definition) is 3. The zero-order chi connectivity index (χ0) is 21.1. The molecule has 1 aliphatic carbocycles. The lowest BCUT2D eigenvalue weighted by Gasteiger charge is -2.29. The Hall–Kier alpha value is -3.01. The maximum absolute atomic E-state index is 13.8. The molecule has 1 aromatic carbocycles. The minimum atomic E-state index is -0.941. The zero-order valence-electron chi connectivity index (χ0n) is 15.9. The summed E-state index contributed by atoms with van der Waals surface area (Å²) < 4.78 is 17.7. The molecule has 154 valence electrons. The fraction of sp³-hybridized carbons (Fsp3) is 0.368. The summed E-state index contributed by atoms with van der Waals surface area (Å²) in [7, 11) is 0. The first-order chi connectivity index (χ1) is 13.8. The van der Waals surface area contributed by atoms with Crippen LogP contribution >= 0.6 is 11.5 Å². The van der Waals surface area contributed by atoms with Gasteiger partial charge < -0.3 is 16.8 Å². The van der Waals surface area contributed by atoms with Crippen molar-refractivity contribution < 1.29 is 18.8 Å². The smallest absolute Gasteiger partial charge is 0.272 e. The first-order valence-corrected chi connectivity index (χ1v) is 10.0. The third-order valence-corrected chi connectivity index (χ3v) is 5.78. The summed E-state index contributed by atoms with van der Waals surface area (Å²) in [5.41, 5.74) is 10.9. The quantitative estimate of drug-likeness (QED) is 0.659. The van der Waals surface area contributed by atoms with Crippen LogP contribution in [0.4, 0.5) is 15.8 Å². The fourth-order valence-corrected chi connectivity index (χ4v) is 4.13. The van der Waals surface area contributed by atoms with Crippen LogP contribution in [-0.4, -0.2) is 34.2 Å². The summed E-state index contributed by atoms with van der Waals surface area (Å²) in [4.78, 5) is 38.6. The Kier molecular flexibility index (Phi) is 6.12. The SMILES string of the molecule is CC(C(=O)NC1CCCC1)N(C(=O)c1snc(C(N)=O)c1N)c1cccc(F)c1. The molecule has 3 amide bonds. The highest BCUT2D eigenvalue weighted by molar-refractivity contribution is 7.09. The fourth-order valence-electron chi connectivity index (χ4n) is 3.39. The van der Waals surface area contributed by atoms with E-state index in [0.717, 1.165) is 36.6 Å². The molecule has 1 fully saturated rings. The van der Waals surface area contributed by atoms with Crippen molar-refractivity contribution in [3.05, 3.63) is 40.7 Å². The van der Waals surface area contributed by atoms with E-state index in [1.54, 1.807) is 6.92 Å². The molecule has 0 spiro atoms. The van der Waals surface area contributed by atoms with Gasteiger partial charge in [-0.2, -0.15) is 4.37 Å². The largest absolute Gasteiger partial charge is 0.395 e. The Morgan fingerprint density at radius 1 is 1.31 bits per heavy atom. The van der Waals surface area contributed by atoms with Gasteiger partial charge in [-0.1, -0.05) is 18.9 Å². The van der Waals surface area contributed by atoms with Gasteiger partial charge in [0.05, 0.1) is 5.69 Å². The summed E-state index contributed by atoms with van der Waals surface area (Å²) in [6.45, 7) is 1.55. The van der Waals surface area contributed by atoms with Crippen molar-refractivity contribution in [3.8, 4) is 0 Å². The highest BCUT2D eigenvalue weighted by Gasteiger charge is 2.33. The van der Waals surface area contributed by atoms with Gasteiger partial charge in [0, 0.05) is 11.7 Å². The van der Waals surface area contributed by atoms with Crippen LogP contribution in [0, 0.1) is 5.82 Å². The van der Waals surface area contributed by atoms with E-state index in [9.17, 15) is 18.8 Å². The summed E-state index contributed by atoms with van der Waals surface area (Å²) in [5, 5.41) is 2.94. The molecule has 1 atom stereocenters. The molecule has 3 rings (SSSR count). The number of primary amides is 1. The molecule has 0 bridgehead atoms. The summed E-state index contributed by atoms with van der Waals surface area (Å²) in [6.07, 6.45) is 3.85. The average molecular weight is 419 g/mol. The number of nitrogens with zero attached hydrogens (tertiary/aromatic N) is 2. The number of benzene rings is 1. The van der Waals surface area contributed by atoms with E-state index in [1.807, 2.05) is 0 Å². The summed E-state index contributed by atoms with van der Waals surface area (Å²) in [6, 6.07) is 4.47. The van der Waals surface area contributed by atoms with Crippen molar-refractivity contribution in [2.45, 2.75) is 44.7 Å². The lowest BCUT2D eigenvalue weighted by Crippen LogP contribution is -2.50. The molecular weight excluding hydrogens is 397 g/mol. The normalized spacial score (nSPS) is 15.1. The van der Waals surface area contributed by atoms with E-state index >= 15 is 0 Å². The Labute approximate surface area is 171 Å². The minimum Gasteiger partial charge on any atom is -0.395 e. The number of amides is 3. The topological polar surface area (TPSA) is 131 Å². The number of aromatic nitrogens is 1. The predicted octanol–water partition coefficient (Wildman–Crippen LogP) is 2.06. The zero-order valence-corrected chi connectivity index (χ0v) is 16.7. The number of rotatable bonds is 6. The molecule has 2 aromatic rings. The van der Waals surface area contributed by atoms with Gasteiger partial charge in [-0.15, -0.1) is 0 Å². The minimum absolute atomic E-state index is 0.0384. The standard InChI is InChI=1S/C19H22FN5O3S/c1-10(18(27)23-12-6-2-3-7-12)25(13-8-4-5-11(20)9-13)19(28)16-14(21)15(17(22)26)24-29-16/h4-5,8-10,12H,2-3,6-7,21H2,1H3,(H2,22,26)(H,23,27). The molecule has 5 N–H and O–H groups in total. The number of nitrogen functional groups attached to an aromatic ring is 1. The van der Waals surface area contributed by atoms with Crippen LogP contribution in [0.3, 0.4) is 0 Å². The third-order valence-electron chi connectivity index (χ3n) is 4.93. The molecular formula is C19H22FN5O3S. The Morgan fingerprint density at radius 2 is 2.00 bits per heavy atom. The van der Waals surface area contributed by atoms with Gasteiger partial charge in [-0.25, -0.2) is 4.39 Å². The molecule has 1 heterocycles. The van der Waals surface area contributed by atoms with Crippen LogP contribution < -0.4 is 21.7 Å². The highest BCUT2D eigenvalue weighted by Crippen LogP contribution is 2.28. The molecule has 0 radical (unpaired) electrons. The van der Waals surface area contributed by atoms with Gasteiger partial charge in [0.15, 0.2) is 5.69 Å². The van der Waals surface area contributed by atoms with E-state index in [0.29, 0.717) is 11.5 Å². The van der Waals surface area contributed by atoms with Gasteiger partial charge in [-0.05, 0) is 49.5 Å². The molecule has 1 aromatic heterocycles. The van der Waals surface area contributed by atoms with E-state index in [-0.39, 0.29) is 33.9 Å². The number of carbonyl (C=O) groups is 3. The first kappa shape index (κ1) is 20.7. The molecule has 1 saturated carbocycles. The Balaban J connectivity index is 1.95. The Morgan fingerprint density at radius 3 is 2.59 bits per heavy atom. The van der Waals surface area contributed by atoms with Crippen molar-refractivity contribution in [2.24, 2.45) is 5.73 Å². The number of halogens is 1. The monoisotopic (exact) mass is 419 g/mol. The van der Waals surface area contributed by atoms with Crippen LogP contribution in [-0.2, 0) is 4.79 Å². The first-order valence-electron chi connectivity index (χ1n) is 9.24. The summed E-state index contributed by atoms with van der Waals surface area (Å²) in [5.74, 6) is -2.43. The highest BCUT2D eigenvalue weighted by atomic mass is 32.1. The number of nitrogens with two attached hydrogens (primary N) is 2. The summed E-state index contributed by atoms with van der Waals surface area (Å²) >= 11 is 0.709. The van der Waals surface area contributed by atoms with Crippen molar-refractivity contribution in [1.82, 2.24) is 9.69 Å². The van der Waals surface area contributed by atoms with Crippen LogP contribution in [0.5, 0.6) is 0 Å². The van der Waals surface area contributed by atoms with Gasteiger partial charge in [0.1, 0.15) is 16.7 Å². The number of anilines is 2. The van der Waals surface area contributed by atoms with Crippen LogP contribution in [0.2, 0.25) is 0 Å². The van der Waals surface area contributed by atoms with E-state index in [2.05, 4.69) is 9.69 Å². The Bertz CT molecular complexity index is 942. The van der Waals surface area contributed by atoms with Gasteiger partial charge in [-0.3, -0.25) is 19.3 Å². The van der Waals surface area contributed by atoms with Gasteiger partial charge in [0.2, 0.25) is 5.91 Å². The van der Waals surface area contributed by atoms with Crippen LogP contribution in [0.25, 0.3) is 0 Å². The third kappa shape index (κ3) is 4.37. The van der Waals surface area contributed by atoms with E-state index in [1.165, 1.54) is 18.2 Å². The second kappa shape index (κ2) is 8.56. The molecule has 0 aliphatic heterocycles. The lowest BCUT2D eigenvalue weighted by atomic mass is 10.1. The van der Waals surface area contributed by atoms with Gasteiger partial charge >= 0.3 is 0 Å².